The average molecular weight is 229 g/mol. The molecule has 1 atom stereocenters. The van der Waals surface area contributed by atoms with Gasteiger partial charge < -0.3 is 10.4 Å². The smallest absolute Gasteiger partial charge is 0.303 e. The normalized spacial score (nSPS) is 13.6. The van der Waals surface area contributed by atoms with E-state index in [-0.39, 0.29) is 24.2 Å². The molecule has 94 valence electrons. The third-order valence-electron chi connectivity index (χ3n) is 2.84. The van der Waals surface area contributed by atoms with E-state index >= 15 is 0 Å². The summed E-state index contributed by atoms with van der Waals surface area (Å²) in [5.74, 6) is -0.607. The van der Waals surface area contributed by atoms with Crippen molar-refractivity contribution in [3.05, 3.63) is 0 Å². The highest BCUT2D eigenvalue weighted by Crippen LogP contribution is 2.15. The summed E-state index contributed by atoms with van der Waals surface area (Å²) in [6.07, 6.45) is 0.516. The van der Waals surface area contributed by atoms with Crippen molar-refractivity contribution in [2.24, 2.45) is 11.8 Å². The van der Waals surface area contributed by atoms with Crippen LogP contribution in [0.1, 0.15) is 47.5 Å². The van der Waals surface area contributed by atoms with Gasteiger partial charge in [-0.25, -0.2) is 0 Å². The molecule has 0 spiro atoms. The van der Waals surface area contributed by atoms with Gasteiger partial charge in [0.2, 0.25) is 5.91 Å². The van der Waals surface area contributed by atoms with Gasteiger partial charge in [-0.15, -0.1) is 0 Å². The number of hydrogen-bond acceptors (Lipinski definition) is 2. The molecule has 0 aliphatic carbocycles. The van der Waals surface area contributed by atoms with E-state index < -0.39 is 11.5 Å². The number of aliphatic carboxylic acids is 1. The highest BCUT2D eigenvalue weighted by molar-refractivity contribution is 5.79. The van der Waals surface area contributed by atoms with Gasteiger partial charge in [0.15, 0.2) is 0 Å². The monoisotopic (exact) mass is 229 g/mol. The second-order valence-corrected chi connectivity index (χ2v) is 5.30. The Morgan fingerprint density at radius 2 is 1.75 bits per heavy atom. The van der Waals surface area contributed by atoms with E-state index in [4.69, 9.17) is 5.11 Å². The van der Waals surface area contributed by atoms with E-state index in [0.29, 0.717) is 6.42 Å². The molecule has 4 heteroatoms. The number of carboxylic acids is 1. The first-order valence-electron chi connectivity index (χ1n) is 5.69. The van der Waals surface area contributed by atoms with Crippen LogP contribution >= 0.6 is 0 Å². The quantitative estimate of drug-likeness (QED) is 0.732. The van der Waals surface area contributed by atoms with E-state index in [1.54, 1.807) is 0 Å². The summed E-state index contributed by atoms with van der Waals surface area (Å²) >= 11 is 0. The molecule has 0 aliphatic rings. The Morgan fingerprint density at radius 1 is 1.25 bits per heavy atom. The van der Waals surface area contributed by atoms with Crippen LogP contribution in [0.25, 0.3) is 0 Å². The molecular weight excluding hydrogens is 206 g/mol. The van der Waals surface area contributed by atoms with Crippen LogP contribution in [0.3, 0.4) is 0 Å². The van der Waals surface area contributed by atoms with Gasteiger partial charge >= 0.3 is 5.97 Å². The van der Waals surface area contributed by atoms with Crippen LogP contribution in [0.4, 0.5) is 0 Å². The maximum Gasteiger partial charge on any atom is 0.303 e. The number of carboxylic acid groups (broad SMARTS) is 1. The lowest BCUT2D eigenvalue weighted by molar-refractivity contribution is -0.138. The molecule has 0 saturated carbocycles. The maximum atomic E-state index is 11.8. The third-order valence-corrected chi connectivity index (χ3v) is 2.84. The second-order valence-electron chi connectivity index (χ2n) is 5.30. The van der Waals surface area contributed by atoms with Gasteiger partial charge in [-0.05, 0) is 26.2 Å². The van der Waals surface area contributed by atoms with E-state index in [9.17, 15) is 9.59 Å². The first-order valence-corrected chi connectivity index (χ1v) is 5.69. The largest absolute Gasteiger partial charge is 0.481 e. The predicted octanol–water partition coefficient (Wildman–Crippen LogP) is 2.04. The van der Waals surface area contributed by atoms with Crippen molar-refractivity contribution in [2.45, 2.75) is 53.0 Å². The number of rotatable bonds is 6. The summed E-state index contributed by atoms with van der Waals surface area (Å²) in [5.41, 5.74) is -0.460. The molecule has 0 saturated heterocycles. The van der Waals surface area contributed by atoms with Crippen LogP contribution in [-0.2, 0) is 9.59 Å². The zero-order valence-corrected chi connectivity index (χ0v) is 10.8. The predicted molar refractivity (Wildman–Crippen MR) is 63.1 cm³/mol. The lowest BCUT2D eigenvalue weighted by Gasteiger charge is -2.28. The Morgan fingerprint density at radius 3 is 2.12 bits per heavy atom. The number of amides is 1. The van der Waals surface area contributed by atoms with Gasteiger partial charge in [0.1, 0.15) is 0 Å². The summed E-state index contributed by atoms with van der Waals surface area (Å²) in [6, 6.07) is 0. The molecule has 1 amide bonds. The zero-order chi connectivity index (χ0) is 12.9. The number of hydrogen-bond donors (Lipinski definition) is 2. The highest BCUT2D eigenvalue weighted by Gasteiger charge is 2.25. The highest BCUT2D eigenvalue weighted by atomic mass is 16.4. The van der Waals surface area contributed by atoms with Crippen LogP contribution in [0.2, 0.25) is 0 Å². The fourth-order valence-electron chi connectivity index (χ4n) is 1.23. The number of nitrogens with one attached hydrogen (secondary N) is 1. The minimum absolute atomic E-state index is 0.00890. The van der Waals surface area contributed by atoms with Crippen molar-refractivity contribution in [3.8, 4) is 0 Å². The summed E-state index contributed by atoms with van der Waals surface area (Å²) in [4.78, 5) is 22.2. The topological polar surface area (TPSA) is 66.4 Å². The Bertz CT molecular complexity index is 259. The van der Waals surface area contributed by atoms with Crippen LogP contribution in [0.15, 0.2) is 0 Å². The fraction of sp³-hybridized carbons (Fsp3) is 0.833. The zero-order valence-electron chi connectivity index (χ0n) is 10.8. The molecule has 0 aromatic carbocycles. The Balaban J connectivity index is 4.24. The molecule has 0 heterocycles. The van der Waals surface area contributed by atoms with Gasteiger partial charge in [-0.3, -0.25) is 9.59 Å². The first-order chi connectivity index (χ1) is 7.15. The van der Waals surface area contributed by atoms with Gasteiger partial charge in [-0.1, -0.05) is 20.8 Å². The van der Waals surface area contributed by atoms with Crippen molar-refractivity contribution < 1.29 is 14.7 Å². The Labute approximate surface area is 97.4 Å². The maximum absolute atomic E-state index is 11.8. The van der Waals surface area contributed by atoms with E-state index in [0.717, 1.165) is 0 Å². The van der Waals surface area contributed by atoms with Crippen molar-refractivity contribution in [3.63, 3.8) is 0 Å². The molecule has 0 fully saturated rings. The lowest BCUT2D eigenvalue weighted by Crippen LogP contribution is -2.46. The van der Waals surface area contributed by atoms with Crippen LogP contribution < -0.4 is 5.32 Å². The van der Waals surface area contributed by atoms with Gasteiger partial charge in [0.25, 0.3) is 0 Å². The fourth-order valence-corrected chi connectivity index (χ4v) is 1.23. The van der Waals surface area contributed by atoms with Crippen molar-refractivity contribution in [1.29, 1.82) is 0 Å². The Hall–Kier alpha value is -1.06. The minimum Gasteiger partial charge on any atom is -0.481 e. The first kappa shape index (κ1) is 14.9. The van der Waals surface area contributed by atoms with Crippen LogP contribution in [0, 0.1) is 11.8 Å². The molecule has 16 heavy (non-hydrogen) atoms. The molecule has 4 nitrogen and oxygen atoms in total. The van der Waals surface area contributed by atoms with Crippen LogP contribution in [-0.4, -0.2) is 22.5 Å². The van der Waals surface area contributed by atoms with E-state index in [1.807, 2.05) is 34.6 Å². The molecular formula is C12H23NO3. The lowest BCUT2D eigenvalue weighted by atomic mass is 9.93. The minimum atomic E-state index is -0.834. The number of carbonyl (C=O) groups excluding carboxylic acids is 1. The molecule has 0 rings (SSSR count). The summed E-state index contributed by atoms with van der Waals surface area (Å²) in [7, 11) is 0. The van der Waals surface area contributed by atoms with Crippen molar-refractivity contribution in [2.75, 3.05) is 0 Å². The summed E-state index contributed by atoms with van der Waals surface area (Å²) in [6.45, 7) is 9.57. The van der Waals surface area contributed by atoms with Crippen molar-refractivity contribution >= 4 is 11.9 Å². The van der Waals surface area contributed by atoms with Gasteiger partial charge in [0, 0.05) is 17.9 Å². The number of carbonyl (C=O) groups is 2. The summed E-state index contributed by atoms with van der Waals surface area (Å²) in [5, 5.41) is 11.5. The van der Waals surface area contributed by atoms with E-state index in [2.05, 4.69) is 5.32 Å². The molecule has 0 bridgehead atoms. The van der Waals surface area contributed by atoms with Crippen LogP contribution in [0.5, 0.6) is 0 Å². The summed E-state index contributed by atoms with van der Waals surface area (Å²) < 4.78 is 0. The Kier molecular flexibility index (Phi) is 5.48. The molecule has 0 radical (unpaired) electrons. The van der Waals surface area contributed by atoms with Crippen molar-refractivity contribution in [1.82, 2.24) is 5.32 Å². The SMILES string of the molecule is CC(C)C(C)C(=O)NC(C)(C)CCC(=O)O. The molecule has 2 N–H and O–H groups in total. The molecule has 0 aliphatic heterocycles. The van der Waals surface area contributed by atoms with E-state index in [1.165, 1.54) is 0 Å². The molecule has 0 aromatic heterocycles. The molecule has 1 unspecified atom stereocenters. The van der Waals surface area contributed by atoms with Gasteiger partial charge in [-0.2, -0.15) is 0 Å². The average Bonchev–Trinajstić information content (AvgIpc) is 2.12. The van der Waals surface area contributed by atoms with Gasteiger partial charge in [0.05, 0.1) is 0 Å². The second kappa shape index (κ2) is 5.87. The molecule has 0 aromatic rings. The third kappa shape index (κ3) is 5.73. The standard InChI is InChI=1S/C12H23NO3/c1-8(2)9(3)11(16)13-12(4,5)7-6-10(14)15/h8-9H,6-7H2,1-5H3,(H,13,16)(H,14,15).